The fourth-order valence-corrected chi connectivity index (χ4v) is 1.64. The van der Waals surface area contributed by atoms with E-state index in [-0.39, 0.29) is 19.6 Å². The summed E-state index contributed by atoms with van der Waals surface area (Å²) in [5.41, 5.74) is -0.597. The summed E-state index contributed by atoms with van der Waals surface area (Å²) in [6.07, 6.45) is 3.81. The van der Waals surface area contributed by atoms with Crippen LogP contribution in [0.5, 0.6) is 0 Å². The molecule has 1 saturated heterocycles. The maximum atomic E-state index is 11.9. The van der Waals surface area contributed by atoms with E-state index in [1.165, 1.54) is 9.80 Å². The summed E-state index contributed by atoms with van der Waals surface area (Å²) >= 11 is 0. The van der Waals surface area contributed by atoms with Crippen molar-refractivity contribution in [2.45, 2.75) is 32.4 Å². The van der Waals surface area contributed by atoms with Gasteiger partial charge in [0.15, 0.2) is 0 Å². The smallest absolute Gasteiger partial charge is 0.411 e. The van der Waals surface area contributed by atoms with Gasteiger partial charge in [0.05, 0.1) is 6.54 Å². The Hall–Kier alpha value is -1.90. The largest absolute Gasteiger partial charge is 0.465 e. The first-order valence-corrected chi connectivity index (χ1v) is 5.68. The molecule has 1 aliphatic heterocycles. The van der Waals surface area contributed by atoms with E-state index in [1.54, 1.807) is 20.8 Å². The van der Waals surface area contributed by atoms with Crippen molar-refractivity contribution in [3.05, 3.63) is 0 Å². The van der Waals surface area contributed by atoms with Gasteiger partial charge in [-0.15, -0.1) is 6.42 Å². The number of carbonyl (C=O) groups excluding carboxylic acids is 1. The van der Waals surface area contributed by atoms with Gasteiger partial charge in [0.1, 0.15) is 11.6 Å². The molecule has 0 bridgehead atoms. The summed E-state index contributed by atoms with van der Waals surface area (Å²) in [7, 11) is 0. The van der Waals surface area contributed by atoms with Gasteiger partial charge in [0.2, 0.25) is 0 Å². The molecule has 1 heterocycles. The van der Waals surface area contributed by atoms with E-state index in [0.717, 1.165) is 0 Å². The van der Waals surface area contributed by atoms with E-state index >= 15 is 0 Å². The predicted octanol–water partition coefficient (Wildman–Crippen LogP) is 1.22. The second-order valence-electron chi connectivity index (χ2n) is 5.08. The van der Waals surface area contributed by atoms with Gasteiger partial charge in [0.25, 0.3) is 0 Å². The average molecular weight is 254 g/mol. The van der Waals surface area contributed by atoms with E-state index in [9.17, 15) is 9.59 Å². The molecule has 0 aliphatic carbocycles. The van der Waals surface area contributed by atoms with Crippen LogP contribution in [0.1, 0.15) is 20.8 Å². The predicted molar refractivity (Wildman–Crippen MR) is 65.2 cm³/mol. The van der Waals surface area contributed by atoms with E-state index in [4.69, 9.17) is 16.3 Å². The van der Waals surface area contributed by atoms with E-state index in [2.05, 4.69) is 5.92 Å². The lowest BCUT2D eigenvalue weighted by Crippen LogP contribution is -2.56. The summed E-state index contributed by atoms with van der Waals surface area (Å²) in [6, 6.07) is -0.579. The van der Waals surface area contributed by atoms with Crippen LogP contribution in [-0.2, 0) is 4.74 Å². The van der Waals surface area contributed by atoms with E-state index < -0.39 is 23.8 Å². The number of terminal acetylenes is 1. The summed E-state index contributed by atoms with van der Waals surface area (Å²) in [5, 5.41) is 8.89. The molecule has 1 atom stereocenters. The third-order valence-corrected chi connectivity index (χ3v) is 2.47. The number of nitrogens with zero attached hydrogens (tertiary/aromatic N) is 2. The van der Waals surface area contributed by atoms with Gasteiger partial charge in [-0.3, -0.25) is 4.90 Å². The summed E-state index contributed by atoms with van der Waals surface area (Å²) < 4.78 is 5.23. The normalized spacial score (nSPS) is 20.2. The minimum atomic E-state index is -1.03. The molecule has 1 fully saturated rings. The number of amides is 2. The highest BCUT2D eigenvalue weighted by molar-refractivity contribution is 5.70. The molecule has 1 unspecified atom stereocenters. The minimum absolute atomic E-state index is 0.116. The zero-order valence-electron chi connectivity index (χ0n) is 10.8. The van der Waals surface area contributed by atoms with Crippen molar-refractivity contribution < 1.29 is 19.4 Å². The molecule has 100 valence electrons. The van der Waals surface area contributed by atoms with Gasteiger partial charge < -0.3 is 14.7 Å². The minimum Gasteiger partial charge on any atom is -0.465 e. The highest BCUT2D eigenvalue weighted by Crippen LogP contribution is 2.15. The molecule has 0 radical (unpaired) electrons. The molecule has 18 heavy (non-hydrogen) atoms. The number of carboxylic acid groups (broad SMARTS) is 1. The maximum absolute atomic E-state index is 11.9. The topological polar surface area (TPSA) is 70.1 Å². The quantitative estimate of drug-likeness (QED) is 0.660. The van der Waals surface area contributed by atoms with Crippen molar-refractivity contribution in [2.24, 2.45) is 0 Å². The number of ether oxygens (including phenoxy) is 1. The van der Waals surface area contributed by atoms with Gasteiger partial charge in [-0.1, -0.05) is 5.92 Å². The van der Waals surface area contributed by atoms with Gasteiger partial charge in [0, 0.05) is 13.1 Å². The van der Waals surface area contributed by atoms with Crippen LogP contribution < -0.4 is 0 Å². The zero-order valence-corrected chi connectivity index (χ0v) is 10.8. The Balaban J connectivity index is 2.71. The van der Waals surface area contributed by atoms with Gasteiger partial charge in [-0.25, -0.2) is 9.59 Å². The molecular weight excluding hydrogens is 236 g/mol. The highest BCUT2D eigenvalue weighted by Gasteiger charge is 2.33. The molecule has 1 N–H and O–H groups in total. The van der Waals surface area contributed by atoms with E-state index in [1.807, 2.05) is 0 Å². The molecular formula is C12H18N2O4. The van der Waals surface area contributed by atoms with E-state index in [0.29, 0.717) is 0 Å². The number of rotatable bonds is 0. The van der Waals surface area contributed by atoms with Crippen LogP contribution in [0, 0.1) is 12.3 Å². The third kappa shape index (κ3) is 3.55. The lowest BCUT2D eigenvalue weighted by atomic mass is 10.2. The van der Waals surface area contributed by atoms with Crippen LogP contribution in [0.4, 0.5) is 9.59 Å². The Labute approximate surface area is 106 Å². The lowest BCUT2D eigenvalue weighted by molar-refractivity contribution is 0.00752. The first-order chi connectivity index (χ1) is 8.24. The molecule has 0 aromatic heterocycles. The first-order valence-electron chi connectivity index (χ1n) is 5.68. The Morgan fingerprint density at radius 2 is 2.00 bits per heavy atom. The summed E-state index contributed by atoms with van der Waals surface area (Å²) in [6.45, 7) is 5.91. The van der Waals surface area contributed by atoms with Crippen molar-refractivity contribution >= 4 is 12.2 Å². The summed E-state index contributed by atoms with van der Waals surface area (Å²) in [5.74, 6) is 2.43. The standard InChI is InChI=1S/C12H18N2O4/c1-5-9-8-13(10(15)16)6-7-14(9)11(17)18-12(2,3)4/h1,9H,6-8H2,2-4H3,(H,15,16). The second kappa shape index (κ2) is 5.17. The van der Waals surface area contributed by atoms with Crippen LogP contribution in [-0.4, -0.2) is 58.4 Å². The van der Waals surface area contributed by atoms with Crippen molar-refractivity contribution in [2.75, 3.05) is 19.6 Å². The van der Waals surface area contributed by atoms with Crippen LogP contribution in [0.3, 0.4) is 0 Å². The molecule has 0 spiro atoms. The van der Waals surface area contributed by atoms with Crippen molar-refractivity contribution in [1.82, 2.24) is 9.80 Å². The van der Waals surface area contributed by atoms with Crippen LogP contribution in [0.15, 0.2) is 0 Å². The fourth-order valence-electron chi connectivity index (χ4n) is 1.64. The zero-order chi connectivity index (χ0) is 13.9. The average Bonchev–Trinajstić information content (AvgIpc) is 2.25. The van der Waals surface area contributed by atoms with Crippen LogP contribution >= 0.6 is 0 Å². The van der Waals surface area contributed by atoms with Crippen molar-refractivity contribution in [3.8, 4) is 12.3 Å². The molecule has 6 heteroatoms. The van der Waals surface area contributed by atoms with Crippen molar-refractivity contribution in [1.29, 1.82) is 0 Å². The molecule has 1 rings (SSSR count). The SMILES string of the molecule is C#CC1CN(C(=O)O)CCN1C(=O)OC(C)(C)C. The maximum Gasteiger partial charge on any atom is 0.411 e. The number of carbonyl (C=O) groups is 2. The number of hydrogen-bond acceptors (Lipinski definition) is 3. The second-order valence-corrected chi connectivity index (χ2v) is 5.08. The molecule has 0 aromatic rings. The van der Waals surface area contributed by atoms with Crippen LogP contribution in [0.2, 0.25) is 0 Å². The monoisotopic (exact) mass is 254 g/mol. The highest BCUT2D eigenvalue weighted by atomic mass is 16.6. The van der Waals surface area contributed by atoms with Gasteiger partial charge in [-0.2, -0.15) is 0 Å². The Morgan fingerprint density at radius 1 is 1.39 bits per heavy atom. The third-order valence-electron chi connectivity index (χ3n) is 2.47. The Bertz CT molecular complexity index is 381. The Morgan fingerprint density at radius 3 is 2.44 bits per heavy atom. The molecule has 2 amide bonds. The lowest BCUT2D eigenvalue weighted by Gasteiger charge is -2.38. The number of piperazine rings is 1. The molecule has 1 aliphatic rings. The molecule has 0 aromatic carbocycles. The van der Waals surface area contributed by atoms with Gasteiger partial charge in [-0.05, 0) is 20.8 Å². The van der Waals surface area contributed by atoms with Crippen LogP contribution in [0.25, 0.3) is 0 Å². The molecule has 0 saturated carbocycles. The van der Waals surface area contributed by atoms with Gasteiger partial charge >= 0.3 is 12.2 Å². The number of hydrogen-bond donors (Lipinski definition) is 1. The Kier molecular flexibility index (Phi) is 4.07. The first kappa shape index (κ1) is 14.2. The molecule has 6 nitrogen and oxygen atoms in total. The summed E-state index contributed by atoms with van der Waals surface area (Å²) in [4.78, 5) is 25.3. The van der Waals surface area contributed by atoms with Crippen molar-refractivity contribution in [3.63, 3.8) is 0 Å². The fraction of sp³-hybridized carbons (Fsp3) is 0.667.